The van der Waals surface area contributed by atoms with E-state index in [-0.39, 0.29) is 17.4 Å². The summed E-state index contributed by atoms with van der Waals surface area (Å²) in [6.07, 6.45) is 0. The van der Waals surface area contributed by atoms with Crippen LogP contribution < -0.4 is 0 Å². The van der Waals surface area contributed by atoms with Gasteiger partial charge in [0.05, 0.1) is 0 Å². The Labute approximate surface area is 101 Å². The van der Waals surface area contributed by atoms with Gasteiger partial charge in [-0.1, -0.05) is 0 Å². The first-order chi connectivity index (χ1) is 6.81. The molecule has 0 aliphatic carbocycles. The molecule has 0 amide bonds. The van der Waals surface area contributed by atoms with Crippen molar-refractivity contribution in [3.63, 3.8) is 0 Å². The average Bonchev–Trinajstić information content (AvgIpc) is 2.19. The Hall–Kier alpha value is -1.18. The Morgan fingerprint density at radius 3 is 0.688 bits per heavy atom. The molecule has 9 nitrogen and oxygen atoms in total. The predicted molar refractivity (Wildman–Crippen MR) is 44.2 cm³/mol. The SMILES string of the molecule is O=C(O)CO.O=C(O)CO.O=C(O)CO.[Cr]. The fraction of sp³-hybridized carbons (Fsp3) is 0.500. The van der Waals surface area contributed by atoms with E-state index < -0.39 is 37.7 Å². The molecular weight excluding hydrogens is 268 g/mol. The maximum Gasteiger partial charge on any atom is 0.329 e. The topological polar surface area (TPSA) is 173 Å². The molecule has 0 atom stereocenters. The van der Waals surface area contributed by atoms with Crippen LogP contribution in [-0.4, -0.2) is 68.4 Å². The Kier molecular flexibility index (Phi) is 29.3. The summed E-state index contributed by atoms with van der Waals surface area (Å²) in [6.45, 7) is -2.33. The summed E-state index contributed by atoms with van der Waals surface area (Å²) in [7, 11) is 0. The molecule has 0 bridgehead atoms. The molecular formula is C6H12CrO9. The zero-order chi connectivity index (χ0) is 12.9. The summed E-state index contributed by atoms with van der Waals surface area (Å²) >= 11 is 0. The summed E-state index contributed by atoms with van der Waals surface area (Å²) in [5.41, 5.74) is 0. The zero-order valence-electron chi connectivity index (χ0n) is 7.94. The van der Waals surface area contributed by atoms with E-state index in [1.165, 1.54) is 0 Å². The molecule has 0 spiro atoms. The second kappa shape index (κ2) is 19.4. The molecule has 0 radical (unpaired) electrons. The molecule has 0 aromatic heterocycles. The van der Waals surface area contributed by atoms with E-state index >= 15 is 0 Å². The summed E-state index contributed by atoms with van der Waals surface area (Å²) in [6, 6.07) is 0. The molecule has 0 saturated heterocycles. The van der Waals surface area contributed by atoms with Gasteiger partial charge in [-0.15, -0.1) is 0 Å². The van der Waals surface area contributed by atoms with Gasteiger partial charge >= 0.3 is 17.9 Å². The minimum absolute atomic E-state index is 0. The van der Waals surface area contributed by atoms with Crippen LogP contribution in [0, 0.1) is 0 Å². The monoisotopic (exact) mass is 280 g/mol. The van der Waals surface area contributed by atoms with Crippen LogP contribution in [-0.2, 0) is 31.7 Å². The first kappa shape index (κ1) is 24.2. The average molecular weight is 280 g/mol. The summed E-state index contributed by atoms with van der Waals surface area (Å²) in [4.78, 5) is 27.4. The molecule has 6 N–H and O–H groups in total. The van der Waals surface area contributed by atoms with Gasteiger partial charge in [0, 0.05) is 17.4 Å². The van der Waals surface area contributed by atoms with Gasteiger partial charge in [-0.05, 0) is 0 Å². The number of aliphatic hydroxyl groups excluding tert-OH is 3. The van der Waals surface area contributed by atoms with E-state index in [2.05, 4.69) is 0 Å². The van der Waals surface area contributed by atoms with Gasteiger partial charge in [-0.2, -0.15) is 0 Å². The van der Waals surface area contributed by atoms with Crippen molar-refractivity contribution in [2.24, 2.45) is 0 Å². The van der Waals surface area contributed by atoms with E-state index in [1.54, 1.807) is 0 Å². The predicted octanol–water partition coefficient (Wildman–Crippen LogP) is -2.81. The van der Waals surface area contributed by atoms with Gasteiger partial charge in [-0.25, -0.2) is 14.4 Å². The van der Waals surface area contributed by atoms with Crippen molar-refractivity contribution in [1.82, 2.24) is 0 Å². The summed E-state index contributed by atoms with van der Waals surface area (Å²) in [5.74, 6) is -3.57. The van der Waals surface area contributed by atoms with Gasteiger partial charge in [0.2, 0.25) is 0 Å². The largest absolute Gasteiger partial charge is 0.480 e. The zero-order valence-corrected chi connectivity index (χ0v) is 9.21. The van der Waals surface area contributed by atoms with Crippen molar-refractivity contribution in [1.29, 1.82) is 0 Å². The Morgan fingerprint density at radius 2 is 0.688 bits per heavy atom. The Bertz CT molecular complexity index is 159. The number of hydrogen-bond acceptors (Lipinski definition) is 6. The third kappa shape index (κ3) is 77.1. The number of hydrogen-bond donors (Lipinski definition) is 6. The molecule has 96 valence electrons. The van der Waals surface area contributed by atoms with E-state index in [1.807, 2.05) is 0 Å². The second-order valence-corrected chi connectivity index (χ2v) is 1.66. The Morgan fingerprint density at radius 1 is 0.625 bits per heavy atom. The number of carboxylic acid groups (broad SMARTS) is 3. The normalized spacial score (nSPS) is 6.94. The molecule has 0 aliphatic heterocycles. The van der Waals surface area contributed by atoms with Crippen LogP contribution in [0.1, 0.15) is 0 Å². The van der Waals surface area contributed by atoms with Crippen LogP contribution in [0.15, 0.2) is 0 Å². The minimum Gasteiger partial charge on any atom is -0.480 e. The van der Waals surface area contributed by atoms with Gasteiger partial charge in [-0.3, -0.25) is 0 Å². The van der Waals surface area contributed by atoms with Crippen molar-refractivity contribution in [2.75, 3.05) is 19.8 Å². The molecule has 0 rings (SSSR count). The maximum atomic E-state index is 9.12. The third-order valence-corrected chi connectivity index (χ3v) is 0.406. The van der Waals surface area contributed by atoms with Crippen LogP contribution >= 0.6 is 0 Å². The quantitative estimate of drug-likeness (QED) is 0.319. The van der Waals surface area contributed by atoms with Gasteiger partial charge < -0.3 is 30.6 Å². The first-order valence-electron chi connectivity index (χ1n) is 3.29. The summed E-state index contributed by atoms with van der Waals surface area (Å²) < 4.78 is 0. The molecule has 0 heterocycles. The standard InChI is InChI=1S/3C2H4O3.Cr/c3*3-1-2(4)5;/h3*3H,1H2,(H,4,5);. The molecule has 0 aromatic carbocycles. The third-order valence-electron chi connectivity index (χ3n) is 0.406. The second-order valence-electron chi connectivity index (χ2n) is 1.66. The molecule has 0 unspecified atom stereocenters. The first-order valence-corrected chi connectivity index (χ1v) is 3.29. The van der Waals surface area contributed by atoms with Gasteiger partial charge in [0.25, 0.3) is 0 Å². The number of carbonyl (C=O) groups is 3. The van der Waals surface area contributed by atoms with Crippen LogP contribution in [0.5, 0.6) is 0 Å². The fourth-order valence-electron chi connectivity index (χ4n) is 0. The molecule has 10 heteroatoms. The number of aliphatic hydroxyl groups is 3. The maximum absolute atomic E-state index is 9.12. The van der Waals surface area contributed by atoms with E-state index in [9.17, 15) is 0 Å². The van der Waals surface area contributed by atoms with Crippen molar-refractivity contribution in [3.8, 4) is 0 Å². The van der Waals surface area contributed by atoms with Gasteiger partial charge in [0.1, 0.15) is 19.8 Å². The van der Waals surface area contributed by atoms with E-state index in [0.29, 0.717) is 0 Å². The number of rotatable bonds is 3. The molecule has 0 aromatic rings. The smallest absolute Gasteiger partial charge is 0.329 e. The Balaban J connectivity index is -0.0000000655. The van der Waals surface area contributed by atoms with Crippen molar-refractivity contribution in [3.05, 3.63) is 0 Å². The number of carboxylic acids is 3. The van der Waals surface area contributed by atoms with Crippen molar-refractivity contribution in [2.45, 2.75) is 0 Å². The van der Waals surface area contributed by atoms with Crippen molar-refractivity contribution < 1.29 is 62.4 Å². The van der Waals surface area contributed by atoms with Crippen LogP contribution in [0.4, 0.5) is 0 Å². The van der Waals surface area contributed by atoms with Crippen molar-refractivity contribution >= 4 is 17.9 Å². The van der Waals surface area contributed by atoms with Crippen LogP contribution in [0.25, 0.3) is 0 Å². The molecule has 16 heavy (non-hydrogen) atoms. The molecule has 0 fully saturated rings. The van der Waals surface area contributed by atoms with Crippen LogP contribution in [0.3, 0.4) is 0 Å². The van der Waals surface area contributed by atoms with Gasteiger partial charge in [0.15, 0.2) is 0 Å². The minimum atomic E-state index is -1.19. The summed E-state index contributed by atoms with van der Waals surface area (Å²) in [5, 5.41) is 45.0. The van der Waals surface area contributed by atoms with E-state index in [4.69, 9.17) is 45.0 Å². The van der Waals surface area contributed by atoms with Crippen LogP contribution in [0.2, 0.25) is 0 Å². The molecule has 0 aliphatic rings. The fourth-order valence-corrected chi connectivity index (χ4v) is 0. The van der Waals surface area contributed by atoms with E-state index in [0.717, 1.165) is 0 Å². The molecule has 0 saturated carbocycles. The number of aliphatic carboxylic acids is 3.